The molecule has 0 saturated heterocycles. The van der Waals surface area contributed by atoms with E-state index < -0.39 is 11.8 Å². The molecule has 0 unspecified atom stereocenters. The van der Waals surface area contributed by atoms with Crippen LogP contribution in [-0.2, 0) is 0 Å². The number of hydrogen-bond acceptors (Lipinski definition) is 4. The number of carbonyl (C=O) groups is 3. The van der Waals surface area contributed by atoms with Crippen LogP contribution in [0.1, 0.15) is 57.3 Å². The molecule has 0 aromatic heterocycles. The highest BCUT2D eigenvalue weighted by Crippen LogP contribution is 2.29. The Morgan fingerprint density at radius 3 is 2.22 bits per heavy atom. The number of benzene rings is 3. The van der Waals surface area contributed by atoms with E-state index in [1.807, 2.05) is 12.1 Å². The molecule has 0 aliphatic carbocycles. The SMILES string of the molecule is CCCCCOc1ccc(NC(=O)c2cccc(N3C(=O)c4ccccc4C3=O)c2)cc1. The van der Waals surface area contributed by atoms with Crippen molar-refractivity contribution in [2.75, 3.05) is 16.8 Å². The summed E-state index contributed by atoms with van der Waals surface area (Å²) in [6.45, 7) is 2.82. The van der Waals surface area contributed by atoms with Crippen molar-refractivity contribution in [2.24, 2.45) is 0 Å². The van der Waals surface area contributed by atoms with E-state index in [4.69, 9.17) is 4.74 Å². The first kappa shape index (κ1) is 21.3. The maximum atomic E-state index is 12.8. The average molecular weight is 428 g/mol. The van der Waals surface area contributed by atoms with Crippen LogP contribution in [-0.4, -0.2) is 24.3 Å². The molecule has 6 nitrogen and oxygen atoms in total. The molecule has 1 heterocycles. The second kappa shape index (κ2) is 9.47. The standard InChI is InChI=1S/C26H24N2O4/c1-2-3-6-16-32-21-14-12-19(13-15-21)27-24(29)18-8-7-9-20(17-18)28-25(30)22-10-4-5-11-23(22)26(28)31/h4-5,7-15,17H,2-3,6,16H2,1H3,(H,27,29). The summed E-state index contributed by atoms with van der Waals surface area (Å²) in [5.41, 5.74) is 2.06. The summed E-state index contributed by atoms with van der Waals surface area (Å²) in [7, 11) is 0. The van der Waals surface area contributed by atoms with Crippen LogP contribution in [0.25, 0.3) is 0 Å². The quantitative estimate of drug-likeness (QED) is 0.390. The fraction of sp³-hybridized carbons (Fsp3) is 0.192. The highest BCUT2D eigenvalue weighted by Gasteiger charge is 2.36. The lowest BCUT2D eigenvalue weighted by molar-refractivity contribution is 0.0924. The van der Waals surface area contributed by atoms with Crippen LogP contribution in [0.15, 0.2) is 72.8 Å². The third-order valence-electron chi connectivity index (χ3n) is 5.29. The van der Waals surface area contributed by atoms with Gasteiger partial charge in [-0.15, -0.1) is 0 Å². The molecule has 1 aliphatic heterocycles. The van der Waals surface area contributed by atoms with E-state index in [0.717, 1.165) is 29.9 Å². The smallest absolute Gasteiger partial charge is 0.266 e. The second-order valence-corrected chi connectivity index (χ2v) is 7.58. The van der Waals surface area contributed by atoms with Gasteiger partial charge in [-0.1, -0.05) is 38.0 Å². The number of unbranched alkanes of at least 4 members (excludes halogenated alkanes) is 2. The Hall–Kier alpha value is -3.93. The lowest BCUT2D eigenvalue weighted by Gasteiger charge is -2.15. The van der Waals surface area contributed by atoms with Crippen LogP contribution in [0.4, 0.5) is 11.4 Å². The summed E-state index contributed by atoms with van der Waals surface area (Å²) in [5.74, 6) is -0.359. The minimum Gasteiger partial charge on any atom is -0.494 e. The topological polar surface area (TPSA) is 75.7 Å². The molecule has 3 aromatic rings. The van der Waals surface area contributed by atoms with E-state index in [9.17, 15) is 14.4 Å². The third kappa shape index (κ3) is 4.39. The molecule has 32 heavy (non-hydrogen) atoms. The van der Waals surface area contributed by atoms with E-state index in [2.05, 4.69) is 12.2 Å². The fourth-order valence-corrected chi connectivity index (χ4v) is 3.59. The molecular weight excluding hydrogens is 404 g/mol. The summed E-state index contributed by atoms with van der Waals surface area (Å²) in [4.78, 5) is 39.3. The van der Waals surface area contributed by atoms with Gasteiger partial charge < -0.3 is 10.1 Å². The van der Waals surface area contributed by atoms with Crippen LogP contribution in [0.3, 0.4) is 0 Å². The molecule has 0 spiro atoms. The third-order valence-corrected chi connectivity index (χ3v) is 5.29. The number of rotatable bonds is 8. The first-order chi connectivity index (χ1) is 15.6. The number of ether oxygens (including phenoxy) is 1. The summed E-state index contributed by atoms with van der Waals surface area (Å²) >= 11 is 0. The van der Waals surface area contributed by atoms with E-state index in [1.165, 1.54) is 0 Å². The molecule has 0 atom stereocenters. The number of carbonyl (C=O) groups excluding carboxylic acids is 3. The minimum atomic E-state index is -0.391. The van der Waals surface area contributed by atoms with E-state index in [-0.39, 0.29) is 5.91 Å². The minimum absolute atomic E-state index is 0.333. The van der Waals surface area contributed by atoms with Gasteiger partial charge in [0, 0.05) is 11.3 Å². The normalized spacial score (nSPS) is 12.6. The number of anilines is 2. The zero-order valence-corrected chi connectivity index (χ0v) is 17.8. The Kier molecular flexibility index (Phi) is 6.31. The highest BCUT2D eigenvalue weighted by atomic mass is 16.5. The number of imide groups is 1. The number of nitrogens with zero attached hydrogens (tertiary/aromatic N) is 1. The van der Waals surface area contributed by atoms with Crippen LogP contribution < -0.4 is 15.0 Å². The highest BCUT2D eigenvalue weighted by molar-refractivity contribution is 6.34. The van der Waals surface area contributed by atoms with Gasteiger partial charge in [0.05, 0.1) is 23.4 Å². The molecule has 0 saturated carbocycles. The molecule has 0 fully saturated rings. The molecular formula is C26H24N2O4. The van der Waals surface area contributed by atoms with Gasteiger partial charge >= 0.3 is 0 Å². The van der Waals surface area contributed by atoms with Crippen LogP contribution >= 0.6 is 0 Å². The average Bonchev–Trinajstić information content (AvgIpc) is 3.08. The van der Waals surface area contributed by atoms with Crippen molar-refractivity contribution in [1.29, 1.82) is 0 Å². The summed E-state index contributed by atoms with van der Waals surface area (Å²) in [5, 5.41) is 2.84. The number of fused-ring (bicyclic) bond motifs is 1. The van der Waals surface area contributed by atoms with E-state index >= 15 is 0 Å². The zero-order chi connectivity index (χ0) is 22.5. The van der Waals surface area contributed by atoms with Gasteiger partial charge in [-0.25, -0.2) is 4.90 Å². The number of nitrogens with one attached hydrogen (secondary N) is 1. The molecule has 3 amide bonds. The van der Waals surface area contributed by atoms with Gasteiger partial charge in [-0.05, 0) is 61.0 Å². The second-order valence-electron chi connectivity index (χ2n) is 7.58. The molecule has 0 radical (unpaired) electrons. The van der Waals surface area contributed by atoms with Crippen molar-refractivity contribution in [3.8, 4) is 5.75 Å². The van der Waals surface area contributed by atoms with Gasteiger partial charge in [0.2, 0.25) is 0 Å². The fourth-order valence-electron chi connectivity index (χ4n) is 3.59. The molecule has 3 aromatic carbocycles. The van der Waals surface area contributed by atoms with Gasteiger partial charge in [0.15, 0.2) is 0 Å². The number of amides is 3. The molecule has 6 heteroatoms. The van der Waals surface area contributed by atoms with Crippen LogP contribution in [0, 0.1) is 0 Å². The molecule has 0 bridgehead atoms. The Morgan fingerprint density at radius 1 is 0.875 bits per heavy atom. The molecule has 1 N–H and O–H groups in total. The van der Waals surface area contributed by atoms with Crippen molar-refractivity contribution < 1.29 is 19.1 Å². The van der Waals surface area contributed by atoms with Crippen molar-refractivity contribution >= 4 is 29.1 Å². The van der Waals surface area contributed by atoms with Crippen LogP contribution in [0.2, 0.25) is 0 Å². The predicted molar refractivity (Wildman–Crippen MR) is 123 cm³/mol. The van der Waals surface area contributed by atoms with Gasteiger partial charge in [-0.2, -0.15) is 0 Å². The van der Waals surface area contributed by atoms with Gasteiger partial charge in [0.25, 0.3) is 17.7 Å². The van der Waals surface area contributed by atoms with Gasteiger partial charge in [0.1, 0.15) is 5.75 Å². The summed E-state index contributed by atoms with van der Waals surface area (Å²) in [6.07, 6.45) is 3.29. The molecule has 4 rings (SSSR count). The Labute approximate surface area is 186 Å². The lowest BCUT2D eigenvalue weighted by Crippen LogP contribution is -2.29. The van der Waals surface area contributed by atoms with Crippen molar-refractivity contribution in [3.63, 3.8) is 0 Å². The first-order valence-electron chi connectivity index (χ1n) is 10.7. The van der Waals surface area contributed by atoms with Gasteiger partial charge in [-0.3, -0.25) is 14.4 Å². The van der Waals surface area contributed by atoms with Crippen molar-refractivity contribution in [2.45, 2.75) is 26.2 Å². The lowest BCUT2D eigenvalue weighted by atomic mass is 10.1. The van der Waals surface area contributed by atoms with E-state index in [1.54, 1.807) is 60.7 Å². The predicted octanol–water partition coefficient (Wildman–Crippen LogP) is 5.31. The maximum Gasteiger partial charge on any atom is 0.266 e. The monoisotopic (exact) mass is 428 g/mol. The molecule has 1 aliphatic rings. The molecule has 162 valence electrons. The van der Waals surface area contributed by atoms with E-state index in [0.29, 0.717) is 34.7 Å². The summed E-state index contributed by atoms with van der Waals surface area (Å²) < 4.78 is 5.69. The zero-order valence-electron chi connectivity index (χ0n) is 17.8. The van der Waals surface area contributed by atoms with Crippen molar-refractivity contribution in [1.82, 2.24) is 0 Å². The maximum absolute atomic E-state index is 12.8. The number of hydrogen-bond donors (Lipinski definition) is 1. The van der Waals surface area contributed by atoms with Crippen LogP contribution in [0.5, 0.6) is 5.75 Å². The van der Waals surface area contributed by atoms with Crippen molar-refractivity contribution in [3.05, 3.63) is 89.5 Å². The first-order valence-corrected chi connectivity index (χ1v) is 10.7. The largest absolute Gasteiger partial charge is 0.494 e. The Morgan fingerprint density at radius 2 is 1.56 bits per heavy atom. The Balaban J connectivity index is 1.44. The Bertz CT molecular complexity index is 1120. The summed E-state index contributed by atoms with van der Waals surface area (Å²) in [6, 6.07) is 20.4.